The highest BCUT2D eigenvalue weighted by Gasteiger charge is 2.22. The predicted octanol–water partition coefficient (Wildman–Crippen LogP) is 2.90. The van der Waals surface area contributed by atoms with Crippen LogP contribution in [0.1, 0.15) is 37.2 Å². The van der Waals surface area contributed by atoms with E-state index in [1.54, 1.807) is 0 Å². The summed E-state index contributed by atoms with van der Waals surface area (Å²) < 4.78 is 0. The molecule has 0 saturated carbocycles. The van der Waals surface area contributed by atoms with Crippen LogP contribution >= 0.6 is 0 Å². The summed E-state index contributed by atoms with van der Waals surface area (Å²) in [5, 5.41) is 0. The van der Waals surface area contributed by atoms with E-state index in [-0.39, 0.29) is 6.04 Å². The van der Waals surface area contributed by atoms with Gasteiger partial charge in [0.2, 0.25) is 0 Å². The normalized spacial score (nSPS) is 17.0. The molecular formula is C21H28N6. The van der Waals surface area contributed by atoms with E-state index >= 15 is 0 Å². The maximum atomic E-state index is 6.50. The van der Waals surface area contributed by atoms with Gasteiger partial charge in [-0.1, -0.05) is 32.0 Å². The van der Waals surface area contributed by atoms with Crippen molar-refractivity contribution < 1.29 is 0 Å². The second kappa shape index (κ2) is 7.66. The molecule has 0 aliphatic carbocycles. The zero-order chi connectivity index (χ0) is 18.8. The van der Waals surface area contributed by atoms with Gasteiger partial charge in [0.15, 0.2) is 0 Å². The van der Waals surface area contributed by atoms with Gasteiger partial charge in [-0.2, -0.15) is 0 Å². The topological polar surface area (TPSA) is 74.1 Å². The Kier molecular flexibility index (Phi) is 5.09. The van der Waals surface area contributed by atoms with Crippen LogP contribution in [0.2, 0.25) is 0 Å². The fraction of sp³-hybridized carbons (Fsp3) is 0.429. The fourth-order valence-corrected chi connectivity index (χ4v) is 3.78. The Labute approximate surface area is 160 Å². The minimum absolute atomic E-state index is 0.112. The molecule has 3 N–H and O–H groups in total. The van der Waals surface area contributed by atoms with Gasteiger partial charge in [-0.15, -0.1) is 0 Å². The minimum Gasteiger partial charge on any atom is -0.354 e. The lowest BCUT2D eigenvalue weighted by molar-refractivity contribution is 0.240. The predicted molar refractivity (Wildman–Crippen MR) is 110 cm³/mol. The van der Waals surface area contributed by atoms with Crippen molar-refractivity contribution in [1.82, 2.24) is 19.9 Å². The van der Waals surface area contributed by atoms with Crippen LogP contribution in [0.4, 0.5) is 5.82 Å². The maximum absolute atomic E-state index is 6.50. The van der Waals surface area contributed by atoms with E-state index in [1.807, 2.05) is 18.3 Å². The van der Waals surface area contributed by atoms with Gasteiger partial charge in [-0.3, -0.25) is 4.90 Å². The summed E-state index contributed by atoms with van der Waals surface area (Å²) in [6, 6.07) is 12.3. The molecule has 4 rings (SSSR count). The van der Waals surface area contributed by atoms with E-state index in [4.69, 9.17) is 10.7 Å². The van der Waals surface area contributed by atoms with E-state index in [0.29, 0.717) is 5.92 Å². The van der Waals surface area contributed by atoms with Crippen LogP contribution in [-0.4, -0.2) is 52.6 Å². The maximum Gasteiger partial charge on any atom is 0.128 e. The number of pyridine rings is 1. The summed E-state index contributed by atoms with van der Waals surface area (Å²) in [6.07, 6.45) is 1.85. The largest absolute Gasteiger partial charge is 0.354 e. The van der Waals surface area contributed by atoms with E-state index in [9.17, 15) is 0 Å². The number of nitrogens with zero attached hydrogens (tertiary/aromatic N) is 4. The Morgan fingerprint density at radius 1 is 1.07 bits per heavy atom. The number of imidazole rings is 1. The second-order valence-electron chi connectivity index (χ2n) is 7.60. The molecule has 1 aliphatic rings. The minimum atomic E-state index is -0.112. The van der Waals surface area contributed by atoms with Crippen molar-refractivity contribution >= 4 is 16.9 Å². The monoisotopic (exact) mass is 364 g/mol. The third kappa shape index (κ3) is 3.82. The van der Waals surface area contributed by atoms with Gasteiger partial charge in [-0.05, 0) is 29.7 Å². The number of fused-ring (bicyclic) bond motifs is 1. The number of piperazine rings is 1. The van der Waals surface area contributed by atoms with Crippen molar-refractivity contribution in [2.45, 2.75) is 25.8 Å². The number of H-pyrrole nitrogens is 1. The highest BCUT2D eigenvalue weighted by Crippen LogP contribution is 2.25. The molecule has 1 aliphatic heterocycles. The first-order chi connectivity index (χ1) is 13.1. The Bertz CT molecular complexity index is 880. The molecule has 6 heteroatoms. The molecule has 142 valence electrons. The zero-order valence-electron chi connectivity index (χ0n) is 16.1. The molecule has 3 aromatic rings. The number of nitrogens with one attached hydrogen (secondary N) is 1. The number of aromatic amines is 1. The molecule has 0 radical (unpaired) electrons. The van der Waals surface area contributed by atoms with Gasteiger partial charge >= 0.3 is 0 Å². The fourth-order valence-electron chi connectivity index (χ4n) is 3.78. The molecule has 1 atom stereocenters. The lowest BCUT2D eigenvalue weighted by Crippen LogP contribution is -2.48. The molecule has 1 aromatic carbocycles. The van der Waals surface area contributed by atoms with Gasteiger partial charge in [0, 0.05) is 38.9 Å². The average molecular weight is 364 g/mol. The van der Waals surface area contributed by atoms with E-state index in [1.165, 1.54) is 5.56 Å². The molecule has 2 aromatic heterocycles. The number of hydrogen-bond donors (Lipinski definition) is 2. The molecule has 3 heterocycles. The zero-order valence-corrected chi connectivity index (χ0v) is 16.1. The summed E-state index contributed by atoms with van der Waals surface area (Å²) in [6.45, 7) is 9.13. The molecule has 0 bridgehead atoms. The number of aromatic nitrogens is 3. The highest BCUT2D eigenvalue weighted by molar-refractivity contribution is 5.79. The second-order valence-corrected chi connectivity index (χ2v) is 7.60. The first kappa shape index (κ1) is 17.9. The summed E-state index contributed by atoms with van der Waals surface area (Å²) in [5.41, 5.74) is 9.90. The SMILES string of the molecule is CC(C)c1cccc2[nH]c(C(N)CN3CCN(c4ccccn4)CC3)nc12. The lowest BCUT2D eigenvalue weighted by Gasteiger charge is -2.36. The van der Waals surface area contributed by atoms with E-state index in [0.717, 1.165) is 55.4 Å². The van der Waals surface area contributed by atoms with Gasteiger partial charge < -0.3 is 15.6 Å². The van der Waals surface area contributed by atoms with Crippen molar-refractivity contribution in [1.29, 1.82) is 0 Å². The van der Waals surface area contributed by atoms with Crippen molar-refractivity contribution in [3.8, 4) is 0 Å². The molecule has 1 fully saturated rings. The Morgan fingerprint density at radius 2 is 1.89 bits per heavy atom. The van der Waals surface area contributed by atoms with Gasteiger partial charge in [0.25, 0.3) is 0 Å². The lowest BCUT2D eigenvalue weighted by atomic mass is 10.0. The Hall–Kier alpha value is -2.44. The van der Waals surface area contributed by atoms with Crippen LogP contribution in [0.15, 0.2) is 42.6 Å². The average Bonchev–Trinajstić information content (AvgIpc) is 3.13. The molecule has 6 nitrogen and oxygen atoms in total. The van der Waals surface area contributed by atoms with Crippen molar-refractivity contribution in [2.24, 2.45) is 5.73 Å². The molecule has 1 saturated heterocycles. The third-order valence-electron chi connectivity index (χ3n) is 5.34. The summed E-state index contributed by atoms with van der Waals surface area (Å²) in [5.74, 6) is 2.38. The van der Waals surface area contributed by atoms with Crippen molar-refractivity contribution in [3.63, 3.8) is 0 Å². The van der Waals surface area contributed by atoms with Crippen LogP contribution in [0.5, 0.6) is 0 Å². The van der Waals surface area contributed by atoms with Gasteiger partial charge in [0.1, 0.15) is 11.6 Å². The summed E-state index contributed by atoms with van der Waals surface area (Å²) in [4.78, 5) is 17.5. The van der Waals surface area contributed by atoms with Crippen LogP contribution in [0.25, 0.3) is 11.0 Å². The van der Waals surface area contributed by atoms with Crippen molar-refractivity contribution in [3.05, 3.63) is 54.0 Å². The first-order valence-electron chi connectivity index (χ1n) is 9.74. The van der Waals surface area contributed by atoms with Gasteiger partial charge in [-0.25, -0.2) is 9.97 Å². The smallest absolute Gasteiger partial charge is 0.128 e. The quantitative estimate of drug-likeness (QED) is 0.728. The Balaban J connectivity index is 1.41. The van der Waals surface area contributed by atoms with Crippen LogP contribution in [0.3, 0.4) is 0 Å². The molecule has 1 unspecified atom stereocenters. The third-order valence-corrected chi connectivity index (χ3v) is 5.34. The number of rotatable bonds is 5. The van der Waals surface area contributed by atoms with E-state index < -0.39 is 0 Å². The number of benzene rings is 1. The summed E-state index contributed by atoms with van der Waals surface area (Å²) in [7, 11) is 0. The summed E-state index contributed by atoms with van der Waals surface area (Å²) >= 11 is 0. The molecule has 27 heavy (non-hydrogen) atoms. The number of nitrogens with two attached hydrogens (primary N) is 1. The standard InChI is InChI=1S/C21H28N6/c1-15(2)16-6-5-7-18-20(16)25-21(24-18)17(22)14-26-10-12-27(13-11-26)19-8-3-4-9-23-19/h3-9,15,17H,10-14,22H2,1-2H3,(H,24,25). The molecular weight excluding hydrogens is 336 g/mol. The number of para-hydroxylation sites is 1. The first-order valence-corrected chi connectivity index (χ1v) is 9.74. The van der Waals surface area contributed by atoms with Gasteiger partial charge in [0.05, 0.1) is 17.1 Å². The van der Waals surface area contributed by atoms with Crippen molar-refractivity contribution in [2.75, 3.05) is 37.6 Å². The van der Waals surface area contributed by atoms with Crippen LogP contribution in [-0.2, 0) is 0 Å². The number of hydrogen-bond acceptors (Lipinski definition) is 5. The van der Waals surface area contributed by atoms with Crippen LogP contribution < -0.4 is 10.6 Å². The molecule has 0 spiro atoms. The Morgan fingerprint density at radius 3 is 2.59 bits per heavy atom. The molecule has 0 amide bonds. The number of anilines is 1. The highest BCUT2D eigenvalue weighted by atomic mass is 15.3. The van der Waals surface area contributed by atoms with Crippen LogP contribution in [0, 0.1) is 0 Å². The van der Waals surface area contributed by atoms with E-state index in [2.05, 4.69) is 57.9 Å².